The first-order valence-electron chi connectivity index (χ1n) is 9.24. The first-order chi connectivity index (χ1) is 12.9. The van der Waals surface area contributed by atoms with E-state index in [2.05, 4.69) is 80.0 Å². The first kappa shape index (κ1) is 15.4. The number of aromatic nitrogens is 2. The van der Waals surface area contributed by atoms with E-state index in [0.29, 0.717) is 0 Å². The molecule has 130 valence electrons. The van der Waals surface area contributed by atoms with Gasteiger partial charge in [-0.2, -0.15) is 0 Å². The molecule has 1 aliphatic rings. The zero-order valence-corrected chi connectivity index (χ0v) is 14.8. The van der Waals surface area contributed by atoms with Gasteiger partial charge in [-0.25, -0.2) is 4.98 Å². The quantitative estimate of drug-likeness (QED) is 0.563. The van der Waals surface area contributed by atoms with Crippen molar-refractivity contribution in [1.82, 2.24) is 14.5 Å². The van der Waals surface area contributed by atoms with Gasteiger partial charge >= 0.3 is 0 Å². The first-order valence-corrected chi connectivity index (χ1v) is 9.24. The van der Waals surface area contributed by atoms with Crippen LogP contribution in [-0.4, -0.2) is 40.6 Å². The molecule has 1 saturated heterocycles. The number of piperazine rings is 1. The highest BCUT2D eigenvalue weighted by Crippen LogP contribution is 2.29. The van der Waals surface area contributed by atoms with E-state index in [-0.39, 0.29) is 0 Å². The van der Waals surface area contributed by atoms with Crippen LogP contribution < -0.4 is 4.90 Å². The molecule has 0 aliphatic carbocycles. The molecule has 0 spiro atoms. The van der Waals surface area contributed by atoms with Gasteiger partial charge in [0.25, 0.3) is 0 Å². The molecule has 4 aromatic rings. The number of anilines is 1. The fourth-order valence-electron chi connectivity index (χ4n) is 4.01. The molecule has 3 heterocycles. The van der Waals surface area contributed by atoms with E-state index < -0.39 is 0 Å². The number of hydrogen-bond donors (Lipinski definition) is 0. The van der Waals surface area contributed by atoms with Crippen LogP contribution in [0.2, 0.25) is 0 Å². The van der Waals surface area contributed by atoms with Gasteiger partial charge in [-0.05, 0) is 24.3 Å². The summed E-state index contributed by atoms with van der Waals surface area (Å²) < 4.78 is 2.46. The molecule has 4 heteroatoms. The molecule has 2 aromatic carbocycles. The van der Waals surface area contributed by atoms with Gasteiger partial charge in [0, 0.05) is 43.1 Å². The lowest BCUT2D eigenvalue weighted by atomic mass is 10.2. The average Bonchev–Trinajstić information content (AvgIpc) is 3.04. The van der Waals surface area contributed by atoms with Crippen molar-refractivity contribution >= 4 is 27.6 Å². The molecule has 1 fully saturated rings. The minimum absolute atomic E-state index is 0.935. The lowest BCUT2D eigenvalue weighted by Gasteiger charge is -2.35. The Morgan fingerprint density at radius 1 is 0.692 bits per heavy atom. The molecular weight excluding hydrogens is 320 g/mol. The molecule has 0 atom stereocenters. The number of nitrogens with zero attached hydrogens (tertiary/aromatic N) is 4. The van der Waals surface area contributed by atoms with Crippen LogP contribution in [0.15, 0.2) is 72.9 Å². The van der Waals surface area contributed by atoms with Crippen molar-refractivity contribution in [2.24, 2.45) is 0 Å². The monoisotopic (exact) mass is 342 g/mol. The number of fused-ring (bicyclic) bond motifs is 3. The lowest BCUT2D eigenvalue weighted by molar-refractivity contribution is 0.212. The van der Waals surface area contributed by atoms with Crippen LogP contribution in [0.4, 0.5) is 5.82 Å². The fraction of sp³-hybridized carbons (Fsp3) is 0.227. The molecular formula is C22H22N4. The Labute approximate surface area is 153 Å². The largest absolute Gasteiger partial charge is 0.354 e. The maximum atomic E-state index is 4.49. The number of benzene rings is 2. The van der Waals surface area contributed by atoms with Crippen molar-refractivity contribution < 1.29 is 0 Å². The van der Waals surface area contributed by atoms with E-state index >= 15 is 0 Å². The summed E-state index contributed by atoms with van der Waals surface area (Å²) in [5.74, 6) is 1.09. The highest BCUT2D eigenvalue weighted by Gasteiger charge is 2.19. The van der Waals surface area contributed by atoms with E-state index in [1.807, 2.05) is 12.3 Å². The predicted octanol–water partition coefficient (Wildman–Crippen LogP) is 3.97. The van der Waals surface area contributed by atoms with Crippen molar-refractivity contribution in [3.05, 3.63) is 72.9 Å². The van der Waals surface area contributed by atoms with Gasteiger partial charge in [-0.1, -0.05) is 42.5 Å². The highest BCUT2D eigenvalue weighted by atomic mass is 15.3. The molecule has 4 nitrogen and oxygen atoms in total. The summed E-state index contributed by atoms with van der Waals surface area (Å²) in [5.41, 5.74) is 2.64. The molecule has 0 N–H and O–H groups in total. The van der Waals surface area contributed by atoms with E-state index in [4.69, 9.17) is 0 Å². The Morgan fingerprint density at radius 2 is 1.31 bits per heavy atom. The SMILES string of the molecule is c1ccc(N2CCN(Cn3c4ccccc4c4ccccc43)CC2)nc1. The minimum Gasteiger partial charge on any atom is -0.354 e. The maximum Gasteiger partial charge on any atom is 0.128 e. The zero-order chi connectivity index (χ0) is 17.3. The van der Waals surface area contributed by atoms with Gasteiger partial charge in [0.1, 0.15) is 5.82 Å². The van der Waals surface area contributed by atoms with Crippen LogP contribution in [0.3, 0.4) is 0 Å². The minimum atomic E-state index is 0.935. The van der Waals surface area contributed by atoms with Crippen LogP contribution in [0, 0.1) is 0 Å². The molecule has 0 saturated carbocycles. The number of hydrogen-bond acceptors (Lipinski definition) is 3. The molecule has 0 unspecified atom stereocenters. The molecule has 0 radical (unpaired) electrons. The van der Waals surface area contributed by atoms with Crippen molar-refractivity contribution in [2.75, 3.05) is 31.1 Å². The lowest BCUT2D eigenvalue weighted by Crippen LogP contribution is -2.47. The van der Waals surface area contributed by atoms with E-state index in [1.54, 1.807) is 0 Å². The zero-order valence-electron chi connectivity index (χ0n) is 14.8. The fourth-order valence-corrected chi connectivity index (χ4v) is 4.01. The van der Waals surface area contributed by atoms with Crippen molar-refractivity contribution in [3.63, 3.8) is 0 Å². The third-order valence-electron chi connectivity index (χ3n) is 5.37. The summed E-state index contributed by atoms with van der Waals surface area (Å²) in [7, 11) is 0. The third kappa shape index (κ3) is 2.63. The second-order valence-corrected chi connectivity index (χ2v) is 6.90. The summed E-state index contributed by atoms with van der Waals surface area (Å²) >= 11 is 0. The summed E-state index contributed by atoms with van der Waals surface area (Å²) in [6.07, 6.45) is 1.87. The van der Waals surface area contributed by atoms with E-state index in [0.717, 1.165) is 38.7 Å². The topological polar surface area (TPSA) is 24.3 Å². The van der Waals surface area contributed by atoms with Gasteiger partial charge in [0.2, 0.25) is 0 Å². The smallest absolute Gasteiger partial charge is 0.128 e. The van der Waals surface area contributed by atoms with E-state index in [9.17, 15) is 0 Å². The normalized spacial score (nSPS) is 15.8. The Morgan fingerprint density at radius 3 is 1.92 bits per heavy atom. The molecule has 0 amide bonds. The van der Waals surface area contributed by atoms with E-state index in [1.165, 1.54) is 21.8 Å². The van der Waals surface area contributed by atoms with Crippen LogP contribution in [0.25, 0.3) is 21.8 Å². The Bertz CT molecular complexity index is 977. The number of rotatable bonds is 3. The second kappa shape index (κ2) is 6.46. The van der Waals surface area contributed by atoms with Crippen molar-refractivity contribution in [3.8, 4) is 0 Å². The summed E-state index contributed by atoms with van der Waals surface area (Å²) in [4.78, 5) is 9.40. The molecule has 5 rings (SSSR count). The molecule has 2 aromatic heterocycles. The highest BCUT2D eigenvalue weighted by molar-refractivity contribution is 6.07. The van der Waals surface area contributed by atoms with Gasteiger partial charge < -0.3 is 9.47 Å². The van der Waals surface area contributed by atoms with Crippen molar-refractivity contribution in [1.29, 1.82) is 0 Å². The molecule has 26 heavy (non-hydrogen) atoms. The van der Waals surface area contributed by atoms with Crippen LogP contribution in [-0.2, 0) is 6.67 Å². The van der Waals surface area contributed by atoms with Gasteiger partial charge in [0.05, 0.1) is 17.7 Å². The maximum absolute atomic E-state index is 4.49. The predicted molar refractivity (Wildman–Crippen MR) is 107 cm³/mol. The summed E-state index contributed by atoms with van der Waals surface area (Å²) in [5, 5.41) is 2.69. The van der Waals surface area contributed by atoms with Gasteiger partial charge in [-0.15, -0.1) is 0 Å². The Hall–Kier alpha value is -2.85. The summed E-state index contributed by atoms with van der Waals surface area (Å²) in [6.45, 7) is 5.08. The van der Waals surface area contributed by atoms with Crippen molar-refractivity contribution in [2.45, 2.75) is 6.67 Å². The Balaban J connectivity index is 1.40. The Kier molecular flexibility index (Phi) is 3.83. The summed E-state index contributed by atoms with van der Waals surface area (Å²) in [6, 6.07) is 23.6. The molecule has 0 bridgehead atoms. The average molecular weight is 342 g/mol. The molecule has 1 aliphatic heterocycles. The number of para-hydroxylation sites is 2. The van der Waals surface area contributed by atoms with Crippen LogP contribution in [0.1, 0.15) is 0 Å². The number of pyridine rings is 1. The van der Waals surface area contributed by atoms with Crippen LogP contribution in [0.5, 0.6) is 0 Å². The standard InChI is InChI=1S/C22H22N4/c1-3-9-20-18(7-1)19-8-2-4-10-21(19)26(20)17-24-13-15-25(16-14-24)22-11-5-6-12-23-22/h1-12H,13-17H2. The van der Waals surface area contributed by atoms with Crippen LogP contribution >= 0.6 is 0 Å². The second-order valence-electron chi connectivity index (χ2n) is 6.90. The third-order valence-corrected chi connectivity index (χ3v) is 5.37. The van der Waals surface area contributed by atoms with Gasteiger partial charge in [-0.3, -0.25) is 4.90 Å². The van der Waals surface area contributed by atoms with Gasteiger partial charge in [0.15, 0.2) is 0 Å².